The van der Waals surface area contributed by atoms with Crippen molar-refractivity contribution < 1.29 is 13.6 Å². The second kappa shape index (κ2) is 6.01. The second-order valence-electron chi connectivity index (χ2n) is 4.33. The molecule has 0 radical (unpaired) electrons. The SMILES string of the molecule is N#Cc1cc(NCc2cc(C(N)=O)ccc2F)ccc1F. The summed E-state index contributed by atoms with van der Waals surface area (Å²) in [5.41, 5.74) is 5.94. The highest BCUT2D eigenvalue weighted by Crippen LogP contribution is 2.16. The number of halogens is 2. The van der Waals surface area contributed by atoms with Gasteiger partial charge >= 0.3 is 0 Å². The van der Waals surface area contributed by atoms with Crippen LogP contribution in [0.3, 0.4) is 0 Å². The number of anilines is 1. The summed E-state index contributed by atoms with van der Waals surface area (Å²) in [6, 6.07) is 9.43. The minimum Gasteiger partial charge on any atom is -0.381 e. The Bertz CT molecular complexity index is 738. The van der Waals surface area contributed by atoms with Gasteiger partial charge in [0.2, 0.25) is 5.91 Å². The molecular formula is C15H11F2N3O. The molecule has 2 aromatic carbocycles. The first-order valence-electron chi connectivity index (χ1n) is 6.03. The molecule has 0 aliphatic rings. The van der Waals surface area contributed by atoms with Crippen molar-refractivity contribution in [2.24, 2.45) is 5.73 Å². The third-order valence-corrected chi connectivity index (χ3v) is 2.90. The summed E-state index contributed by atoms with van der Waals surface area (Å²) < 4.78 is 26.8. The lowest BCUT2D eigenvalue weighted by molar-refractivity contribution is 0.1000. The summed E-state index contributed by atoms with van der Waals surface area (Å²) in [4.78, 5) is 11.1. The van der Waals surface area contributed by atoms with E-state index < -0.39 is 17.5 Å². The van der Waals surface area contributed by atoms with Gasteiger partial charge in [-0.05, 0) is 36.4 Å². The van der Waals surface area contributed by atoms with E-state index in [2.05, 4.69) is 5.32 Å². The number of nitriles is 1. The van der Waals surface area contributed by atoms with Crippen LogP contribution in [-0.2, 0) is 6.54 Å². The van der Waals surface area contributed by atoms with Gasteiger partial charge in [0.15, 0.2) is 0 Å². The molecule has 0 unspecified atom stereocenters. The third-order valence-electron chi connectivity index (χ3n) is 2.90. The minimum atomic E-state index is -0.648. The zero-order chi connectivity index (χ0) is 15.4. The molecule has 1 amide bonds. The van der Waals surface area contributed by atoms with Gasteiger partial charge in [0.1, 0.15) is 17.7 Å². The van der Waals surface area contributed by atoms with Crippen molar-refractivity contribution in [3.8, 4) is 6.07 Å². The van der Waals surface area contributed by atoms with Crippen molar-refractivity contribution in [2.75, 3.05) is 5.32 Å². The fourth-order valence-corrected chi connectivity index (χ4v) is 1.78. The standard InChI is InChI=1S/C15H11F2N3O/c16-13-4-2-12(6-10(13)7-18)20-8-11-5-9(15(19)21)1-3-14(11)17/h1-6,20H,8H2,(H2,19,21). The molecule has 0 spiro atoms. The molecule has 0 atom stereocenters. The summed E-state index contributed by atoms with van der Waals surface area (Å²) in [7, 11) is 0. The van der Waals surface area contributed by atoms with E-state index in [1.165, 1.54) is 24.3 Å². The lowest BCUT2D eigenvalue weighted by atomic mass is 10.1. The lowest BCUT2D eigenvalue weighted by Crippen LogP contribution is -2.12. The van der Waals surface area contributed by atoms with Crippen molar-refractivity contribution >= 4 is 11.6 Å². The number of amides is 1. The first kappa shape index (κ1) is 14.5. The van der Waals surface area contributed by atoms with Crippen molar-refractivity contribution in [1.82, 2.24) is 0 Å². The van der Waals surface area contributed by atoms with Crippen LogP contribution < -0.4 is 11.1 Å². The summed E-state index contributed by atoms with van der Waals surface area (Å²) in [5.74, 6) is -1.76. The molecule has 2 rings (SSSR count). The number of nitrogens with one attached hydrogen (secondary N) is 1. The number of hydrogen-bond donors (Lipinski definition) is 2. The molecule has 0 saturated carbocycles. The number of rotatable bonds is 4. The smallest absolute Gasteiger partial charge is 0.248 e. The lowest BCUT2D eigenvalue weighted by Gasteiger charge is -2.09. The highest BCUT2D eigenvalue weighted by molar-refractivity contribution is 5.92. The molecule has 0 aromatic heterocycles. The highest BCUT2D eigenvalue weighted by atomic mass is 19.1. The van der Waals surface area contributed by atoms with E-state index in [0.29, 0.717) is 5.69 Å². The average molecular weight is 287 g/mol. The van der Waals surface area contributed by atoms with Crippen LogP contribution in [0.15, 0.2) is 36.4 Å². The fraction of sp³-hybridized carbons (Fsp3) is 0.0667. The van der Waals surface area contributed by atoms with Gasteiger partial charge in [-0.15, -0.1) is 0 Å². The number of nitrogens with zero attached hydrogens (tertiary/aromatic N) is 1. The van der Waals surface area contributed by atoms with Crippen LogP contribution in [-0.4, -0.2) is 5.91 Å². The van der Waals surface area contributed by atoms with Crippen molar-refractivity contribution in [1.29, 1.82) is 5.26 Å². The number of benzene rings is 2. The Morgan fingerprint density at radius 2 is 1.90 bits per heavy atom. The first-order valence-corrected chi connectivity index (χ1v) is 6.03. The van der Waals surface area contributed by atoms with Gasteiger partial charge in [-0.25, -0.2) is 8.78 Å². The Labute approximate surface area is 119 Å². The molecule has 3 N–H and O–H groups in total. The normalized spacial score (nSPS) is 9.95. The molecule has 0 saturated heterocycles. The van der Waals surface area contributed by atoms with Crippen molar-refractivity contribution in [2.45, 2.75) is 6.54 Å². The summed E-state index contributed by atoms with van der Waals surface area (Å²) in [6.07, 6.45) is 0. The summed E-state index contributed by atoms with van der Waals surface area (Å²) >= 11 is 0. The average Bonchev–Trinajstić information content (AvgIpc) is 2.47. The number of carbonyl (C=O) groups is 1. The summed E-state index contributed by atoms with van der Waals surface area (Å²) in [5, 5.41) is 11.6. The molecular weight excluding hydrogens is 276 g/mol. The van der Waals surface area contributed by atoms with Crippen LogP contribution >= 0.6 is 0 Å². The van der Waals surface area contributed by atoms with Crippen molar-refractivity contribution in [3.05, 3.63) is 64.7 Å². The van der Waals surface area contributed by atoms with Gasteiger partial charge < -0.3 is 11.1 Å². The molecule has 0 aliphatic heterocycles. The van der Waals surface area contributed by atoms with Crippen LogP contribution in [0.5, 0.6) is 0 Å². The van der Waals surface area contributed by atoms with Crippen LogP contribution in [0.4, 0.5) is 14.5 Å². The molecule has 0 bridgehead atoms. The number of primary amides is 1. The van der Waals surface area contributed by atoms with E-state index in [9.17, 15) is 13.6 Å². The van der Waals surface area contributed by atoms with E-state index >= 15 is 0 Å². The Hall–Kier alpha value is -2.94. The zero-order valence-corrected chi connectivity index (χ0v) is 10.9. The predicted molar refractivity (Wildman–Crippen MR) is 73.4 cm³/mol. The number of carbonyl (C=O) groups excluding carboxylic acids is 1. The monoisotopic (exact) mass is 287 g/mol. The molecule has 0 aliphatic carbocycles. The molecule has 21 heavy (non-hydrogen) atoms. The topological polar surface area (TPSA) is 78.9 Å². The van der Waals surface area contributed by atoms with Gasteiger partial charge in [-0.3, -0.25) is 4.79 Å². The van der Waals surface area contributed by atoms with Gasteiger partial charge in [-0.1, -0.05) is 0 Å². The molecule has 4 nitrogen and oxygen atoms in total. The van der Waals surface area contributed by atoms with Crippen LogP contribution in [0.2, 0.25) is 0 Å². The summed E-state index contributed by atoms with van der Waals surface area (Å²) in [6.45, 7) is 0.0729. The van der Waals surface area contributed by atoms with Crippen LogP contribution in [0, 0.1) is 23.0 Å². The molecule has 0 heterocycles. The second-order valence-corrected chi connectivity index (χ2v) is 4.33. The van der Waals surface area contributed by atoms with Crippen LogP contribution in [0.25, 0.3) is 0 Å². The first-order chi connectivity index (χ1) is 10.0. The van der Waals surface area contributed by atoms with Gasteiger partial charge in [-0.2, -0.15) is 5.26 Å². The Morgan fingerprint density at radius 1 is 1.19 bits per heavy atom. The molecule has 106 valence electrons. The molecule has 6 heteroatoms. The largest absolute Gasteiger partial charge is 0.381 e. The third kappa shape index (κ3) is 3.34. The minimum absolute atomic E-state index is 0.0729. The predicted octanol–water partition coefficient (Wildman–Crippen LogP) is 2.55. The van der Waals surface area contributed by atoms with Crippen molar-refractivity contribution in [3.63, 3.8) is 0 Å². The van der Waals surface area contributed by atoms with E-state index in [-0.39, 0.29) is 23.2 Å². The number of hydrogen-bond acceptors (Lipinski definition) is 3. The Morgan fingerprint density at radius 3 is 2.57 bits per heavy atom. The van der Waals surface area contributed by atoms with E-state index in [0.717, 1.165) is 12.1 Å². The van der Waals surface area contributed by atoms with E-state index in [1.54, 1.807) is 6.07 Å². The molecule has 2 aromatic rings. The van der Waals surface area contributed by atoms with Gasteiger partial charge in [0.25, 0.3) is 0 Å². The van der Waals surface area contributed by atoms with E-state index in [1.807, 2.05) is 0 Å². The van der Waals surface area contributed by atoms with Crippen LogP contribution in [0.1, 0.15) is 21.5 Å². The Kier molecular flexibility index (Phi) is 4.14. The number of nitrogens with two attached hydrogens (primary N) is 1. The maximum atomic E-state index is 13.6. The fourth-order valence-electron chi connectivity index (χ4n) is 1.78. The van der Waals surface area contributed by atoms with Gasteiger partial charge in [0.05, 0.1) is 5.56 Å². The highest BCUT2D eigenvalue weighted by Gasteiger charge is 2.08. The zero-order valence-electron chi connectivity index (χ0n) is 10.9. The molecule has 0 fully saturated rings. The Balaban J connectivity index is 2.18. The quantitative estimate of drug-likeness (QED) is 0.907. The van der Waals surface area contributed by atoms with Gasteiger partial charge in [0, 0.05) is 23.4 Å². The maximum absolute atomic E-state index is 13.6. The maximum Gasteiger partial charge on any atom is 0.248 e. The van der Waals surface area contributed by atoms with E-state index in [4.69, 9.17) is 11.0 Å².